The third-order valence-corrected chi connectivity index (χ3v) is 9.26. The van der Waals surface area contributed by atoms with E-state index in [1.807, 2.05) is 0 Å². The largest absolute Gasteiger partial charge is 0.366 e. The van der Waals surface area contributed by atoms with Crippen LogP contribution in [-0.4, -0.2) is 49.4 Å². The molecule has 3 unspecified atom stereocenters. The lowest BCUT2D eigenvalue weighted by Gasteiger charge is -2.57. The number of amides is 1. The van der Waals surface area contributed by atoms with Gasteiger partial charge in [-0.25, -0.2) is 0 Å². The predicted octanol–water partition coefficient (Wildman–Crippen LogP) is 1.97. The second-order valence-corrected chi connectivity index (χ2v) is 10.1. The highest BCUT2D eigenvalue weighted by molar-refractivity contribution is 5.85. The van der Waals surface area contributed by atoms with Gasteiger partial charge in [-0.05, 0) is 31.1 Å². The number of rotatable bonds is 2. The molecule has 6 nitrogen and oxygen atoms in total. The molecule has 8 atom stereocenters. The van der Waals surface area contributed by atoms with Gasteiger partial charge in [-0.3, -0.25) is 9.59 Å². The molecule has 0 radical (unpaired) electrons. The van der Waals surface area contributed by atoms with Crippen LogP contribution in [0.15, 0.2) is 11.6 Å². The summed E-state index contributed by atoms with van der Waals surface area (Å²) in [4.78, 5) is 24.6. The summed E-state index contributed by atoms with van der Waals surface area (Å²) in [5.74, 6) is 0.623. The monoisotopic (exact) mass is 387 g/mol. The predicted molar refractivity (Wildman–Crippen MR) is 99.1 cm³/mol. The van der Waals surface area contributed by atoms with Crippen molar-refractivity contribution in [2.75, 3.05) is 13.2 Å². The Balaban J connectivity index is 1.38. The second kappa shape index (κ2) is 5.46. The first-order valence-electron chi connectivity index (χ1n) is 10.8. The molecule has 1 spiro atoms. The Morgan fingerprint density at radius 2 is 2.00 bits per heavy atom. The molecule has 4 aliphatic carbocycles. The summed E-state index contributed by atoms with van der Waals surface area (Å²) in [6, 6.07) is -0.0545. The lowest BCUT2D eigenvalue weighted by Crippen LogP contribution is -2.60. The number of carbonyl (C=O) groups is 2. The fourth-order valence-corrected chi connectivity index (χ4v) is 8.03. The number of nitrogens with one attached hydrogen (secondary N) is 1. The van der Waals surface area contributed by atoms with E-state index in [9.17, 15) is 9.59 Å². The summed E-state index contributed by atoms with van der Waals surface area (Å²) in [5, 5.41) is 2.89. The number of fused-ring (bicyclic) bond motifs is 8. The number of epoxide rings is 1. The van der Waals surface area contributed by atoms with E-state index in [4.69, 9.17) is 14.2 Å². The van der Waals surface area contributed by atoms with Crippen LogP contribution in [0.25, 0.3) is 0 Å². The van der Waals surface area contributed by atoms with E-state index < -0.39 is 5.79 Å². The van der Waals surface area contributed by atoms with Gasteiger partial charge in [0.2, 0.25) is 6.41 Å². The zero-order valence-electron chi connectivity index (χ0n) is 16.6. The maximum absolute atomic E-state index is 13.7. The van der Waals surface area contributed by atoms with Crippen LogP contribution in [0, 0.1) is 28.6 Å². The molecule has 6 aliphatic rings. The number of carbonyl (C=O) groups excluding carboxylic acids is 2. The van der Waals surface area contributed by atoms with E-state index in [0.717, 1.165) is 32.1 Å². The zero-order valence-corrected chi connectivity index (χ0v) is 16.6. The van der Waals surface area contributed by atoms with Crippen LogP contribution >= 0.6 is 0 Å². The zero-order chi connectivity index (χ0) is 19.3. The standard InChI is InChI=1S/C22H29NO5/c1-20-10-16(25)17-13(14(20)5-6-22(20)26-7-8-27-22)4-3-12-9-15(23-11-24)18-19(28-18)21(12,17)2/h9,11,13-15,17-19H,3-8,10H2,1-2H3,(H,23,24)/t13?,14-,15-,17?,18-,19-,20?,21-/m0/s1. The van der Waals surface area contributed by atoms with Crippen LogP contribution in [0.3, 0.4) is 0 Å². The number of hydrogen-bond donors (Lipinski definition) is 1. The van der Waals surface area contributed by atoms with Crippen LogP contribution in [0.4, 0.5) is 0 Å². The van der Waals surface area contributed by atoms with Gasteiger partial charge in [-0.2, -0.15) is 0 Å². The lowest BCUT2D eigenvalue weighted by atomic mass is 9.46. The highest BCUT2D eigenvalue weighted by Gasteiger charge is 2.72. The Kier molecular flexibility index (Phi) is 3.44. The molecule has 2 saturated heterocycles. The molecule has 1 amide bonds. The van der Waals surface area contributed by atoms with Crippen molar-refractivity contribution in [3.63, 3.8) is 0 Å². The van der Waals surface area contributed by atoms with E-state index in [2.05, 4.69) is 25.2 Å². The SMILES string of the molecule is CC12CC(=O)C3C(CCC4=C[C@H](NC=O)[C@@H]5O[C@@H]5[C@@]43C)[C@@H]1CCC21OCCO1. The topological polar surface area (TPSA) is 77.2 Å². The Labute approximate surface area is 165 Å². The van der Waals surface area contributed by atoms with Gasteiger partial charge in [-0.1, -0.05) is 25.5 Å². The summed E-state index contributed by atoms with van der Waals surface area (Å²) in [7, 11) is 0. The first kappa shape index (κ1) is 17.6. The van der Waals surface area contributed by atoms with Crippen LogP contribution in [0.2, 0.25) is 0 Å². The summed E-state index contributed by atoms with van der Waals surface area (Å²) in [6.45, 7) is 5.75. The first-order chi connectivity index (χ1) is 13.4. The number of hydrogen-bond acceptors (Lipinski definition) is 5. The molecule has 2 aliphatic heterocycles. The highest BCUT2D eigenvalue weighted by Crippen LogP contribution is 2.69. The fraction of sp³-hybridized carbons (Fsp3) is 0.818. The van der Waals surface area contributed by atoms with Crippen molar-refractivity contribution in [2.45, 2.75) is 70.0 Å². The van der Waals surface area contributed by atoms with E-state index in [1.165, 1.54) is 5.57 Å². The molecule has 6 heteroatoms. The molecule has 6 rings (SSSR count). The quantitative estimate of drug-likeness (QED) is 0.445. The van der Waals surface area contributed by atoms with E-state index in [0.29, 0.717) is 37.3 Å². The average Bonchev–Trinajstić information content (AvgIpc) is 3.25. The maximum atomic E-state index is 13.7. The molecule has 3 saturated carbocycles. The van der Waals surface area contributed by atoms with Gasteiger partial charge in [0.15, 0.2) is 5.79 Å². The molecule has 0 aromatic rings. The molecule has 2 heterocycles. The van der Waals surface area contributed by atoms with E-state index in [-0.39, 0.29) is 35.0 Å². The van der Waals surface area contributed by atoms with Crippen molar-refractivity contribution in [1.29, 1.82) is 0 Å². The van der Waals surface area contributed by atoms with E-state index in [1.54, 1.807) is 0 Å². The number of ketones is 1. The van der Waals surface area contributed by atoms with E-state index >= 15 is 0 Å². The smallest absolute Gasteiger partial charge is 0.207 e. The van der Waals surface area contributed by atoms with Gasteiger partial charge in [0.1, 0.15) is 11.9 Å². The third-order valence-electron chi connectivity index (χ3n) is 9.26. The molecule has 5 fully saturated rings. The van der Waals surface area contributed by atoms with Gasteiger partial charge >= 0.3 is 0 Å². The Morgan fingerprint density at radius 3 is 2.75 bits per heavy atom. The van der Waals surface area contributed by atoms with Crippen molar-refractivity contribution in [3.05, 3.63) is 11.6 Å². The highest BCUT2D eigenvalue weighted by atomic mass is 16.7. The van der Waals surface area contributed by atoms with Gasteiger partial charge in [0.05, 0.1) is 25.4 Å². The van der Waals surface area contributed by atoms with Gasteiger partial charge in [0.25, 0.3) is 0 Å². The number of Topliss-reactive ketones (excluding diaryl/α,β-unsaturated/α-hetero) is 1. The van der Waals surface area contributed by atoms with Crippen molar-refractivity contribution >= 4 is 12.2 Å². The van der Waals surface area contributed by atoms with Crippen LogP contribution in [0.5, 0.6) is 0 Å². The molecule has 1 N–H and O–H groups in total. The summed E-state index contributed by atoms with van der Waals surface area (Å²) in [6.07, 6.45) is 7.51. The number of ether oxygens (including phenoxy) is 3. The van der Waals surface area contributed by atoms with Gasteiger partial charge in [0, 0.05) is 29.6 Å². The van der Waals surface area contributed by atoms with Crippen LogP contribution in [-0.2, 0) is 23.8 Å². The second-order valence-electron chi connectivity index (χ2n) is 10.1. The molecule has 28 heavy (non-hydrogen) atoms. The lowest BCUT2D eigenvalue weighted by molar-refractivity contribution is -0.239. The normalized spacial score (nSPS) is 52.9. The Bertz CT molecular complexity index is 773. The Hall–Kier alpha value is -1.24. The van der Waals surface area contributed by atoms with Crippen LogP contribution in [0.1, 0.15) is 46.0 Å². The molecular weight excluding hydrogens is 358 g/mol. The van der Waals surface area contributed by atoms with Crippen molar-refractivity contribution in [3.8, 4) is 0 Å². The third kappa shape index (κ3) is 1.90. The summed E-state index contributed by atoms with van der Waals surface area (Å²) >= 11 is 0. The molecular formula is C22H29NO5. The summed E-state index contributed by atoms with van der Waals surface area (Å²) in [5.41, 5.74) is 0.851. The first-order valence-corrected chi connectivity index (χ1v) is 10.8. The molecule has 0 aromatic carbocycles. The molecule has 0 aromatic heterocycles. The minimum Gasteiger partial charge on any atom is -0.366 e. The maximum Gasteiger partial charge on any atom is 0.207 e. The van der Waals surface area contributed by atoms with Crippen molar-refractivity contribution in [1.82, 2.24) is 5.32 Å². The van der Waals surface area contributed by atoms with Crippen LogP contribution < -0.4 is 5.32 Å². The minimum atomic E-state index is -0.556. The van der Waals surface area contributed by atoms with Gasteiger partial charge in [-0.15, -0.1) is 0 Å². The molecule has 0 bridgehead atoms. The summed E-state index contributed by atoms with van der Waals surface area (Å²) < 4.78 is 18.4. The van der Waals surface area contributed by atoms with Gasteiger partial charge < -0.3 is 19.5 Å². The average molecular weight is 387 g/mol. The molecule has 152 valence electrons. The van der Waals surface area contributed by atoms with Crippen molar-refractivity contribution in [2.24, 2.45) is 28.6 Å². The van der Waals surface area contributed by atoms with Crippen molar-refractivity contribution < 1.29 is 23.8 Å². The fourth-order valence-electron chi connectivity index (χ4n) is 8.03. The Morgan fingerprint density at radius 1 is 1.21 bits per heavy atom. The minimum absolute atomic E-state index is 0.00862.